The summed E-state index contributed by atoms with van der Waals surface area (Å²) in [6, 6.07) is 110. The van der Waals surface area contributed by atoms with E-state index in [-0.39, 0.29) is 10.8 Å². The molecule has 20 aromatic rings. The molecule has 0 spiro atoms. The first-order chi connectivity index (χ1) is 51.1. The van der Waals surface area contributed by atoms with Gasteiger partial charge in [-0.2, -0.15) is 19.9 Å². The lowest BCUT2D eigenvalue weighted by atomic mass is 9.81. The van der Waals surface area contributed by atoms with Crippen LogP contribution in [0.4, 0.5) is 0 Å². The second-order valence-corrected chi connectivity index (χ2v) is 29.3. The van der Waals surface area contributed by atoms with E-state index in [1.807, 2.05) is 12.1 Å². The smallest absolute Gasteiger partial charge is 0.238 e. The summed E-state index contributed by atoms with van der Waals surface area (Å²) in [5, 5.41) is 18.7. The average Bonchev–Trinajstić information content (AvgIpc) is 1.54. The molecule has 16 aromatic carbocycles. The van der Waals surface area contributed by atoms with Crippen molar-refractivity contribution in [2.75, 3.05) is 0 Å². The Bertz CT molecular complexity index is 7160. The Morgan fingerprint density at radius 2 is 0.644 bits per heavy atom. The van der Waals surface area contributed by atoms with Crippen molar-refractivity contribution in [1.29, 1.82) is 0 Å². The zero-order chi connectivity index (χ0) is 68.8. The van der Waals surface area contributed by atoms with Crippen LogP contribution in [0.15, 0.2) is 303 Å². The average molecular weight is 1330 g/mol. The highest BCUT2D eigenvalue weighted by molar-refractivity contribution is 6.36. The summed E-state index contributed by atoms with van der Waals surface area (Å²) in [4.78, 5) is 32.9. The second kappa shape index (κ2) is 21.6. The fourth-order valence-electron chi connectivity index (χ4n) is 18.0. The van der Waals surface area contributed by atoms with Gasteiger partial charge < -0.3 is 0 Å². The number of rotatable bonds is 7. The Kier molecular flexibility index (Phi) is 12.2. The summed E-state index contributed by atoms with van der Waals surface area (Å²) in [5.74, 6) is 3.57. The predicted molar refractivity (Wildman–Crippen MR) is 429 cm³/mol. The van der Waals surface area contributed by atoms with Crippen LogP contribution in [0.25, 0.3) is 199 Å². The lowest BCUT2D eigenvalue weighted by Crippen LogP contribution is -2.15. The van der Waals surface area contributed by atoms with Crippen LogP contribution >= 0.6 is 0 Å². The molecule has 2 aliphatic carbocycles. The molecule has 0 radical (unpaired) electrons. The summed E-state index contributed by atoms with van der Waals surface area (Å²) in [7, 11) is 0. The molecule has 0 aliphatic heterocycles. The van der Waals surface area contributed by atoms with Gasteiger partial charge in [-0.3, -0.25) is 9.13 Å². The molecule has 4 aromatic heterocycles. The van der Waals surface area contributed by atoms with Gasteiger partial charge >= 0.3 is 0 Å². The number of fused-ring (bicyclic) bond motifs is 25. The first-order valence-corrected chi connectivity index (χ1v) is 35.8. The Hall–Kier alpha value is -13.3. The molecule has 0 bridgehead atoms. The van der Waals surface area contributed by atoms with E-state index in [4.69, 9.17) is 29.9 Å². The minimum absolute atomic E-state index is 0.140. The van der Waals surface area contributed by atoms with Crippen molar-refractivity contribution in [1.82, 2.24) is 39.0 Å². The first-order valence-electron chi connectivity index (χ1n) is 35.8. The molecule has 0 N–H and O–H groups in total. The lowest BCUT2D eigenvalue weighted by molar-refractivity contribution is 0.660. The maximum Gasteiger partial charge on any atom is 0.238 e. The molecule has 0 amide bonds. The van der Waals surface area contributed by atoms with E-state index in [1.54, 1.807) is 0 Å². The van der Waals surface area contributed by atoms with E-state index < -0.39 is 0 Å². The fraction of sp³-hybridized carbons (Fsp3) is 0.0625. The maximum absolute atomic E-state index is 5.59. The zero-order valence-electron chi connectivity index (χ0n) is 57.4. The molecule has 486 valence electrons. The van der Waals surface area contributed by atoms with Crippen molar-refractivity contribution in [3.63, 3.8) is 0 Å². The third kappa shape index (κ3) is 8.36. The quantitative estimate of drug-likeness (QED) is 0.148. The number of aromatic nitrogens is 8. The second-order valence-electron chi connectivity index (χ2n) is 29.3. The highest BCUT2D eigenvalue weighted by atomic mass is 15.2. The molecule has 0 saturated heterocycles. The van der Waals surface area contributed by atoms with Crippen LogP contribution in [0.5, 0.6) is 0 Å². The lowest BCUT2D eigenvalue weighted by Gasteiger charge is -2.22. The van der Waals surface area contributed by atoms with Crippen molar-refractivity contribution >= 4 is 108 Å². The van der Waals surface area contributed by atoms with Gasteiger partial charge in [0.25, 0.3) is 0 Å². The molecular formula is C96H62N8. The highest BCUT2D eigenvalue weighted by Gasteiger charge is 2.38. The molecule has 104 heavy (non-hydrogen) atoms. The van der Waals surface area contributed by atoms with E-state index in [0.29, 0.717) is 35.2 Å². The van der Waals surface area contributed by atoms with Crippen LogP contribution in [0.3, 0.4) is 0 Å². The number of hydrogen-bond acceptors (Lipinski definition) is 6. The normalized spacial score (nSPS) is 13.5. The SMILES string of the molecule is CC1(C)c2ccccc2-c2cc(-c3nc(-c4ccccc4)nc(-n4c5cc6ccc(-c7ccc8c(c7)C(C)(C)c7ccc(-c9nc(-c%10ccccc%10)nc(-n%10c%11ccc%12ccccc%12c%11c%11c%12ccccc%12c%12ccccc%12c%11%10)n9)cc7-8)cc6cc5c5c6ccccc6c6ccccc6c54)n3)ccc21. The number of nitrogens with zero attached hydrogens (tertiary/aromatic N) is 8. The topological polar surface area (TPSA) is 87.2 Å². The molecule has 8 nitrogen and oxygen atoms in total. The number of hydrogen-bond donors (Lipinski definition) is 0. The molecule has 0 atom stereocenters. The fourth-order valence-corrected chi connectivity index (χ4v) is 18.0. The van der Waals surface area contributed by atoms with Gasteiger partial charge in [0.1, 0.15) is 0 Å². The van der Waals surface area contributed by atoms with Gasteiger partial charge in [0.15, 0.2) is 23.3 Å². The Labute approximate surface area is 598 Å². The summed E-state index contributed by atoms with van der Waals surface area (Å²) in [6.07, 6.45) is 0. The predicted octanol–water partition coefficient (Wildman–Crippen LogP) is 24.1. The minimum Gasteiger partial charge on any atom is -0.277 e. The monoisotopic (exact) mass is 1330 g/mol. The van der Waals surface area contributed by atoms with Gasteiger partial charge in [-0.25, -0.2) is 9.97 Å². The molecular weight excluding hydrogens is 1270 g/mol. The van der Waals surface area contributed by atoms with Crippen LogP contribution in [0.1, 0.15) is 49.9 Å². The van der Waals surface area contributed by atoms with Crippen LogP contribution in [-0.4, -0.2) is 39.0 Å². The molecule has 0 saturated carbocycles. The number of benzene rings is 16. The largest absolute Gasteiger partial charge is 0.277 e. The van der Waals surface area contributed by atoms with Crippen molar-refractivity contribution in [2.24, 2.45) is 0 Å². The van der Waals surface area contributed by atoms with Crippen molar-refractivity contribution in [2.45, 2.75) is 38.5 Å². The van der Waals surface area contributed by atoms with Gasteiger partial charge in [0, 0.05) is 65.4 Å². The summed E-state index contributed by atoms with van der Waals surface area (Å²) >= 11 is 0. The van der Waals surface area contributed by atoms with Crippen LogP contribution in [-0.2, 0) is 10.8 Å². The van der Waals surface area contributed by atoms with E-state index in [1.165, 1.54) is 98.4 Å². The van der Waals surface area contributed by atoms with E-state index in [2.05, 4.69) is 328 Å². The van der Waals surface area contributed by atoms with Crippen LogP contribution in [0.2, 0.25) is 0 Å². The molecule has 4 heterocycles. The summed E-state index contributed by atoms with van der Waals surface area (Å²) < 4.78 is 4.62. The van der Waals surface area contributed by atoms with Crippen molar-refractivity contribution in [3.05, 3.63) is 326 Å². The van der Waals surface area contributed by atoms with Crippen molar-refractivity contribution < 1.29 is 0 Å². The van der Waals surface area contributed by atoms with E-state index in [0.717, 1.165) is 87.8 Å². The van der Waals surface area contributed by atoms with Gasteiger partial charge in [-0.15, -0.1) is 0 Å². The minimum atomic E-state index is -0.318. The third-order valence-corrected chi connectivity index (χ3v) is 22.9. The van der Waals surface area contributed by atoms with Gasteiger partial charge in [-0.05, 0) is 152 Å². The van der Waals surface area contributed by atoms with E-state index in [9.17, 15) is 0 Å². The Morgan fingerprint density at radius 1 is 0.221 bits per heavy atom. The molecule has 0 unspecified atom stereocenters. The Balaban J connectivity index is 0.696. The van der Waals surface area contributed by atoms with Crippen molar-refractivity contribution in [3.8, 4) is 90.8 Å². The molecule has 8 heteroatoms. The van der Waals surface area contributed by atoms with E-state index >= 15 is 0 Å². The van der Waals surface area contributed by atoms with Gasteiger partial charge in [0.05, 0.1) is 22.1 Å². The van der Waals surface area contributed by atoms with Crippen LogP contribution < -0.4 is 0 Å². The Morgan fingerprint density at radius 3 is 1.25 bits per heavy atom. The van der Waals surface area contributed by atoms with Crippen LogP contribution in [0, 0.1) is 0 Å². The first kappa shape index (κ1) is 58.5. The zero-order valence-corrected chi connectivity index (χ0v) is 57.4. The molecule has 2 aliphatic rings. The standard InChI is InChI=1S/C96H62N8/c1-95(2)78-38-22-21-33-69(78)75-50-61(42-46-79(75)95)92-98-90(57-26-9-6-10-27-57)100-94(102-92)104-83-54-60-40-39-58(49-63(60)52-77(83)84-71-34-17-13-29-65(71)67-31-15-19-36-73(67)87(84)104)59-41-45-70-76-51-62(43-47-80(76)96(3,4)81(70)53-59)91-97-89(56-24-7-5-8-25-56)99-93(101-91)103-82-48-44-55-23-11-12-28-64(55)85(82)86-72-35-18-14-30-66(72)68-32-16-20-37-74(68)88(86)103/h5-54H,1-4H3. The van der Waals surface area contributed by atoms with Gasteiger partial charge in [-0.1, -0.05) is 289 Å². The molecule has 0 fully saturated rings. The highest BCUT2D eigenvalue weighted by Crippen LogP contribution is 2.54. The van der Waals surface area contributed by atoms with Gasteiger partial charge in [0.2, 0.25) is 11.9 Å². The summed E-state index contributed by atoms with van der Waals surface area (Å²) in [6.45, 7) is 9.36. The molecule has 22 rings (SSSR count). The summed E-state index contributed by atoms with van der Waals surface area (Å²) in [5.41, 5.74) is 19.7. The maximum atomic E-state index is 5.59. The third-order valence-electron chi connectivity index (χ3n) is 22.9.